The number of amidine groups is 1. The van der Waals surface area contributed by atoms with E-state index in [-0.39, 0.29) is 5.91 Å². The number of ether oxygens (including phenoxy) is 1. The molecule has 4 rings (SSSR count). The van der Waals surface area contributed by atoms with Gasteiger partial charge >= 0.3 is 0 Å². The van der Waals surface area contributed by atoms with Crippen LogP contribution >= 0.6 is 0 Å². The standard InChI is InChI=1S/C32H34N4O3/c1-23-18-29(39-3)27(21-33)19-28(23)30(37)35-24(2)36-16-14-32(15-17-36,20-25-10-6-4-7-11-25)31(38)34-22-26-12-8-5-9-13-26/h4-13,18-19H,14-17,20,22H2,1-3H3,(H,34,38). The molecule has 0 atom stereocenters. The number of benzene rings is 3. The van der Waals surface area contributed by atoms with E-state index in [0.29, 0.717) is 67.2 Å². The Morgan fingerprint density at radius 1 is 1.03 bits per heavy atom. The second kappa shape index (κ2) is 12.4. The lowest BCUT2D eigenvalue weighted by Crippen LogP contribution is -2.51. The second-order valence-corrected chi connectivity index (χ2v) is 10.0. The SMILES string of the molecule is COc1cc(C)c(C(=O)N=C(C)N2CCC(Cc3ccccc3)(C(=O)NCc3ccccc3)CC2)cc1C#N. The third kappa shape index (κ3) is 6.53. The van der Waals surface area contributed by atoms with Crippen LogP contribution in [0, 0.1) is 23.7 Å². The largest absolute Gasteiger partial charge is 0.495 e. The van der Waals surface area contributed by atoms with E-state index in [1.54, 1.807) is 13.0 Å². The van der Waals surface area contributed by atoms with Crippen molar-refractivity contribution in [3.05, 3.63) is 101 Å². The minimum absolute atomic E-state index is 0.0541. The molecule has 1 aliphatic rings. The number of hydrogen-bond donors (Lipinski definition) is 1. The van der Waals surface area contributed by atoms with E-state index in [1.807, 2.05) is 55.5 Å². The molecule has 39 heavy (non-hydrogen) atoms. The lowest BCUT2D eigenvalue weighted by atomic mass is 9.73. The first-order chi connectivity index (χ1) is 18.8. The Balaban J connectivity index is 1.49. The van der Waals surface area contributed by atoms with Crippen LogP contribution in [0.3, 0.4) is 0 Å². The number of likely N-dealkylation sites (tertiary alicyclic amines) is 1. The predicted molar refractivity (Wildman–Crippen MR) is 152 cm³/mol. The predicted octanol–water partition coefficient (Wildman–Crippen LogP) is 5.08. The van der Waals surface area contributed by atoms with Gasteiger partial charge in [0.05, 0.1) is 18.1 Å². The van der Waals surface area contributed by atoms with E-state index < -0.39 is 11.3 Å². The average Bonchev–Trinajstić information content (AvgIpc) is 2.97. The summed E-state index contributed by atoms with van der Waals surface area (Å²) in [7, 11) is 1.50. The topological polar surface area (TPSA) is 94.8 Å². The lowest BCUT2D eigenvalue weighted by Gasteiger charge is -2.41. The molecular formula is C32H34N4O3. The number of amides is 2. The summed E-state index contributed by atoms with van der Waals surface area (Å²) < 4.78 is 5.24. The summed E-state index contributed by atoms with van der Waals surface area (Å²) >= 11 is 0. The molecule has 0 aliphatic carbocycles. The van der Waals surface area contributed by atoms with Gasteiger partial charge in [-0.1, -0.05) is 60.7 Å². The lowest BCUT2D eigenvalue weighted by molar-refractivity contribution is -0.133. The van der Waals surface area contributed by atoms with Crippen molar-refractivity contribution >= 4 is 17.6 Å². The highest BCUT2D eigenvalue weighted by Gasteiger charge is 2.41. The number of nitrogens with zero attached hydrogens (tertiary/aromatic N) is 3. The molecule has 1 heterocycles. The van der Waals surface area contributed by atoms with Gasteiger partial charge in [0.15, 0.2) is 0 Å². The minimum atomic E-state index is -0.550. The molecule has 3 aromatic rings. The van der Waals surface area contributed by atoms with E-state index in [9.17, 15) is 14.9 Å². The van der Waals surface area contributed by atoms with E-state index in [0.717, 1.165) is 11.1 Å². The van der Waals surface area contributed by atoms with Crippen molar-refractivity contribution in [2.75, 3.05) is 20.2 Å². The van der Waals surface area contributed by atoms with Gasteiger partial charge in [0, 0.05) is 25.2 Å². The number of carbonyl (C=O) groups excluding carboxylic acids is 2. The van der Waals surface area contributed by atoms with Gasteiger partial charge in [0.1, 0.15) is 17.7 Å². The number of piperidine rings is 1. The second-order valence-electron chi connectivity index (χ2n) is 10.0. The Morgan fingerprint density at radius 3 is 2.23 bits per heavy atom. The molecule has 0 saturated carbocycles. The molecular weight excluding hydrogens is 488 g/mol. The first-order valence-corrected chi connectivity index (χ1v) is 13.1. The zero-order chi connectivity index (χ0) is 27.8. The van der Waals surface area contributed by atoms with E-state index in [2.05, 4.69) is 33.4 Å². The van der Waals surface area contributed by atoms with Crippen LogP contribution in [0.1, 0.15) is 52.4 Å². The molecule has 2 amide bonds. The van der Waals surface area contributed by atoms with Crippen LogP contribution in [-0.4, -0.2) is 42.7 Å². The Labute approximate surface area is 230 Å². The molecule has 0 spiro atoms. The van der Waals surface area contributed by atoms with Gasteiger partial charge in [0.25, 0.3) is 5.91 Å². The summed E-state index contributed by atoms with van der Waals surface area (Å²) in [5, 5.41) is 12.6. The number of carbonyl (C=O) groups is 2. The van der Waals surface area contributed by atoms with E-state index >= 15 is 0 Å². The Morgan fingerprint density at radius 2 is 1.64 bits per heavy atom. The molecule has 0 bridgehead atoms. The first kappa shape index (κ1) is 27.6. The Bertz CT molecular complexity index is 1390. The molecule has 0 radical (unpaired) electrons. The fraction of sp³-hybridized carbons (Fsp3) is 0.312. The summed E-state index contributed by atoms with van der Waals surface area (Å²) in [4.78, 5) is 33.1. The van der Waals surface area contributed by atoms with E-state index in [1.165, 1.54) is 13.2 Å². The Hall–Kier alpha value is -4.44. The van der Waals surface area contributed by atoms with Gasteiger partial charge in [-0.05, 0) is 61.9 Å². The number of hydrogen-bond acceptors (Lipinski definition) is 4. The molecule has 1 fully saturated rings. The molecule has 1 aliphatic heterocycles. The number of aliphatic imine (C=N–C) groups is 1. The number of nitriles is 1. The highest BCUT2D eigenvalue weighted by molar-refractivity contribution is 6.04. The van der Waals surface area contributed by atoms with Crippen LogP contribution in [-0.2, 0) is 17.8 Å². The minimum Gasteiger partial charge on any atom is -0.495 e. The monoisotopic (exact) mass is 522 g/mol. The third-order valence-electron chi connectivity index (χ3n) is 7.50. The number of rotatable bonds is 7. The number of aryl methyl sites for hydroxylation is 1. The summed E-state index contributed by atoms with van der Waals surface area (Å²) in [6.45, 7) is 5.33. The summed E-state index contributed by atoms with van der Waals surface area (Å²) in [5.74, 6) is 0.694. The average molecular weight is 523 g/mol. The van der Waals surface area contributed by atoms with Crippen molar-refractivity contribution in [3.8, 4) is 11.8 Å². The van der Waals surface area contributed by atoms with Crippen LogP contribution in [0.5, 0.6) is 5.75 Å². The summed E-state index contributed by atoms with van der Waals surface area (Å²) in [5.41, 5.74) is 3.01. The van der Waals surface area contributed by atoms with Crippen LogP contribution in [0.2, 0.25) is 0 Å². The van der Waals surface area contributed by atoms with Crippen molar-refractivity contribution in [1.82, 2.24) is 10.2 Å². The maximum absolute atomic E-state index is 13.6. The Kier molecular flexibility index (Phi) is 8.77. The zero-order valence-electron chi connectivity index (χ0n) is 22.7. The van der Waals surface area contributed by atoms with Crippen LogP contribution in [0.4, 0.5) is 0 Å². The molecule has 1 saturated heterocycles. The molecule has 3 aromatic carbocycles. The van der Waals surface area contributed by atoms with Gasteiger partial charge in [-0.25, -0.2) is 0 Å². The van der Waals surface area contributed by atoms with Gasteiger partial charge in [-0.2, -0.15) is 10.3 Å². The van der Waals surface area contributed by atoms with Crippen molar-refractivity contribution in [2.24, 2.45) is 10.4 Å². The summed E-state index contributed by atoms with van der Waals surface area (Å²) in [6, 6.07) is 25.3. The normalized spacial score (nSPS) is 14.8. The molecule has 0 aromatic heterocycles. The van der Waals surface area contributed by atoms with Crippen LogP contribution in [0.15, 0.2) is 77.8 Å². The highest BCUT2D eigenvalue weighted by Crippen LogP contribution is 2.36. The quantitative estimate of drug-likeness (QED) is 0.345. The molecule has 0 unspecified atom stereocenters. The van der Waals surface area contributed by atoms with Gasteiger partial charge in [-0.3, -0.25) is 9.59 Å². The highest BCUT2D eigenvalue weighted by atomic mass is 16.5. The van der Waals surface area contributed by atoms with Gasteiger partial charge in [0.2, 0.25) is 5.91 Å². The van der Waals surface area contributed by atoms with Crippen LogP contribution < -0.4 is 10.1 Å². The third-order valence-corrected chi connectivity index (χ3v) is 7.50. The van der Waals surface area contributed by atoms with Gasteiger partial charge in [-0.15, -0.1) is 0 Å². The zero-order valence-corrected chi connectivity index (χ0v) is 22.7. The van der Waals surface area contributed by atoms with Gasteiger partial charge < -0.3 is 15.0 Å². The molecule has 7 nitrogen and oxygen atoms in total. The van der Waals surface area contributed by atoms with E-state index in [4.69, 9.17) is 4.74 Å². The number of nitrogens with one attached hydrogen (secondary N) is 1. The smallest absolute Gasteiger partial charge is 0.278 e. The fourth-order valence-corrected chi connectivity index (χ4v) is 5.14. The van der Waals surface area contributed by atoms with Crippen molar-refractivity contribution < 1.29 is 14.3 Å². The molecule has 1 N–H and O–H groups in total. The maximum Gasteiger partial charge on any atom is 0.278 e. The maximum atomic E-state index is 13.6. The first-order valence-electron chi connectivity index (χ1n) is 13.1. The van der Waals surface area contributed by atoms with Crippen molar-refractivity contribution in [2.45, 2.75) is 39.7 Å². The number of methoxy groups -OCH3 is 1. The van der Waals surface area contributed by atoms with Crippen molar-refractivity contribution in [1.29, 1.82) is 5.26 Å². The van der Waals surface area contributed by atoms with Crippen molar-refractivity contribution in [3.63, 3.8) is 0 Å². The fourth-order valence-electron chi connectivity index (χ4n) is 5.14. The molecule has 7 heteroatoms. The summed E-state index contributed by atoms with van der Waals surface area (Å²) in [6.07, 6.45) is 1.94. The van der Waals surface area contributed by atoms with Crippen LogP contribution in [0.25, 0.3) is 0 Å². The molecule has 200 valence electrons.